The van der Waals surface area contributed by atoms with E-state index in [1.165, 1.54) is 23.5 Å². The van der Waals surface area contributed by atoms with E-state index >= 15 is 0 Å². The largest absolute Gasteiger partial charge is 0.586 e. The number of rotatable bonds is 3. The van der Waals surface area contributed by atoms with Crippen LogP contribution in [0.25, 0.3) is 22.4 Å². The average molecular weight is 400 g/mol. The van der Waals surface area contributed by atoms with Crippen molar-refractivity contribution in [3.63, 3.8) is 0 Å². The molecule has 0 saturated heterocycles. The van der Waals surface area contributed by atoms with Gasteiger partial charge in [0.25, 0.3) is 5.91 Å². The van der Waals surface area contributed by atoms with Crippen molar-refractivity contribution in [2.45, 2.75) is 6.29 Å². The van der Waals surface area contributed by atoms with E-state index in [4.69, 9.17) is 0 Å². The van der Waals surface area contributed by atoms with Gasteiger partial charge >= 0.3 is 6.29 Å². The van der Waals surface area contributed by atoms with Crippen LogP contribution < -0.4 is 14.8 Å². The van der Waals surface area contributed by atoms with Crippen LogP contribution in [-0.2, 0) is 0 Å². The third kappa shape index (κ3) is 2.83. The van der Waals surface area contributed by atoms with Gasteiger partial charge in [-0.15, -0.1) is 20.1 Å². The molecule has 0 aliphatic carbocycles. The lowest BCUT2D eigenvalue weighted by molar-refractivity contribution is -0.286. The lowest BCUT2D eigenvalue weighted by Gasteiger charge is -2.04. The summed E-state index contributed by atoms with van der Waals surface area (Å²) in [4.78, 5) is 24.2. The lowest BCUT2D eigenvalue weighted by Crippen LogP contribution is -2.25. The smallest absolute Gasteiger partial charge is 0.395 e. The van der Waals surface area contributed by atoms with Crippen LogP contribution in [0, 0.1) is 0 Å². The number of halogens is 2. The van der Waals surface area contributed by atoms with Crippen LogP contribution in [-0.4, -0.2) is 27.2 Å². The van der Waals surface area contributed by atoms with Crippen LogP contribution in [0.5, 0.6) is 11.5 Å². The first kappa shape index (κ1) is 16.6. The zero-order valence-corrected chi connectivity index (χ0v) is 14.7. The quantitative estimate of drug-likeness (QED) is 0.536. The Morgan fingerprint density at radius 3 is 2.86 bits per heavy atom. The Kier molecular flexibility index (Phi) is 3.56. The molecule has 4 aromatic rings. The number of hydrogen-bond donors (Lipinski definition) is 2. The molecule has 0 radical (unpaired) electrons. The van der Waals surface area contributed by atoms with Gasteiger partial charge in [-0.3, -0.25) is 10.1 Å². The summed E-state index contributed by atoms with van der Waals surface area (Å²) in [7, 11) is 0. The van der Waals surface area contributed by atoms with Crippen LogP contribution in [0.15, 0.2) is 48.0 Å². The van der Waals surface area contributed by atoms with E-state index in [-0.39, 0.29) is 17.4 Å². The number of hydrogen-bond acceptors (Lipinski definition) is 6. The molecule has 0 unspecified atom stereocenters. The molecule has 2 aromatic heterocycles. The second-order valence-electron chi connectivity index (χ2n) is 5.91. The number of ether oxygens (including phenoxy) is 2. The van der Waals surface area contributed by atoms with Gasteiger partial charge in [-0.2, -0.15) is 0 Å². The topological polar surface area (TPSA) is 89.1 Å². The number of thiazole rings is 1. The van der Waals surface area contributed by atoms with Crippen molar-refractivity contribution >= 4 is 33.4 Å². The van der Waals surface area contributed by atoms with Crippen LogP contribution in [0.3, 0.4) is 0 Å². The van der Waals surface area contributed by atoms with Crippen molar-refractivity contribution in [1.82, 2.24) is 15.0 Å². The van der Waals surface area contributed by atoms with E-state index in [1.54, 1.807) is 35.8 Å². The van der Waals surface area contributed by atoms with Crippen molar-refractivity contribution in [3.8, 4) is 22.9 Å². The summed E-state index contributed by atoms with van der Waals surface area (Å²) in [6.45, 7) is 0. The third-order valence-electron chi connectivity index (χ3n) is 4.08. The Hall–Kier alpha value is -3.53. The molecule has 140 valence electrons. The molecule has 28 heavy (non-hydrogen) atoms. The fourth-order valence-electron chi connectivity index (χ4n) is 2.90. The van der Waals surface area contributed by atoms with Crippen LogP contribution >= 0.6 is 11.3 Å². The minimum absolute atomic E-state index is 0.0478. The van der Waals surface area contributed by atoms with E-state index in [0.29, 0.717) is 33.1 Å². The van der Waals surface area contributed by atoms with Crippen molar-refractivity contribution < 1.29 is 23.0 Å². The molecule has 0 fully saturated rings. The maximum Gasteiger partial charge on any atom is 0.586 e. The number of alkyl halides is 2. The summed E-state index contributed by atoms with van der Waals surface area (Å²) in [6, 6.07) is 9.51. The Morgan fingerprint density at radius 2 is 2.04 bits per heavy atom. The van der Waals surface area contributed by atoms with Gasteiger partial charge in [0.2, 0.25) is 0 Å². The monoisotopic (exact) mass is 400 g/mol. The van der Waals surface area contributed by atoms with Gasteiger partial charge in [0.1, 0.15) is 11.3 Å². The van der Waals surface area contributed by atoms with E-state index in [0.717, 1.165) is 0 Å². The van der Waals surface area contributed by atoms with E-state index in [1.807, 2.05) is 0 Å². The number of para-hydroxylation sites is 1. The van der Waals surface area contributed by atoms with Gasteiger partial charge < -0.3 is 14.5 Å². The average Bonchev–Trinajstić information content (AvgIpc) is 3.36. The highest BCUT2D eigenvalue weighted by Gasteiger charge is 2.43. The highest BCUT2D eigenvalue weighted by molar-refractivity contribution is 7.13. The van der Waals surface area contributed by atoms with Crippen LogP contribution in [0.2, 0.25) is 0 Å². The minimum Gasteiger partial charge on any atom is -0.395 e. The second-order valence-corrected chi connectivity index (χ2v) is 6.80. The first-order chi connectivity index (χ1) is 13.5. The van der Waals surface area contributed by atoms with Crippen molar-refractivity contribution in [2.75, 3.05) is 5.32 Å². The normalized spacial score (nSPS) is 14.4. The number of benzene rings is 2. The Bertz CT molecular complexity index is 1210. The molecule has 1 aliphatic heterocycles. The fraction of sp³-hybridized carbons (Fsp3) is 0.0556. The SMILES string of the molecule is O=C(Nc1nccs1)c1cccc2[nH]c(-c3ccc4c(c3)OC(F)(F)O4)nc12. The third-order valence-corrected chi connectivity index (χ3v) is 4.77. The van der Waals surface area contributed by atoms with Gasteiger partial charge in [-0.1, -0.05) is 6.07 Å². The van der Waals surface area contributed by atoms with Gasteiger partial charge in [-0.25, -0.2) is 9.97 Å². The molecule has 0 saturated carbocycles. The van der Waals surface area contributed by atoms with Gasteiger partial charge in [-0.05, 0) is 30.3 Å². The molecule has 7 nitrogen and oxygen atoms in total. The first-order valence-corrected chi connectivity index (χ1v) is 8.96. The van der Waals surface area contributed by atoms with Crippen LogP contribution in [0.1, 0.15) is 10.4 Å². The maximum absolute atomic E-state index is 13.2. The molecule has 10 heteroatoms. The Labute approximate surface area is 160 Å². The number of H-pyrrole nitrogens is 1. The van der Waals surface area contributed by atoms with Gasteiger partial charge in [0.05, 0.1) is 11.1 Å². The summed E-state index contributed by atoms with van der Waals surface area (Å²) in [6.07, 6.45) is -2.09. The second kappa shape index (κ2) is 5.99. The molecule has 0 atom stereocenters. The van der Waals surface area contributed by atoms with Crippen molar-refractivity contribution in [1.29, 1.82) is 0 Å². The number of fused-ring (bicyclic) bond motifs is 2. The van der Waals surface area contributed by atoms with E-state index in [2.05, 4.69) is 29.7 Å². The number of carbonyl (C=O) groups is 1. The number of anilines is 1. The fourth-order valence-corrected chi connectivity index (χ4v) is 3.42. The number of nitrogens with one attached hydrogen (secondary N) is 2. The number of carbonyl (C=O) groups excluding carboxylic acids is 1. The molecular weight excluding hydrogens is 390 g/mol. The first-order valence-electron chi connectivity index (χ1n) is 8.08. The zero-order valence-electron chi connectivity index (χ0n) is 13.9. The predicted octanol–water partition coefficient (Wildman–Crippen LogP) is 4.26. The Morgan fingerprint density at radius 1 is 1.18 bits per heavy atom. The van der Waals surface area contributed by atoms with Crippen molar-refractivity contribution in [3.05, 3.63) is 53.5 Å². The predicted molar refractivity (Wildman–Crippen MR) is 97.8 cm³/mol. The highest BCUT2D eigenvalue weighted by Crippen LogP contribution is 2.42. The minimum atomic E-state index is -3.68. The molecule has 5 rings (SSSR count). The summed E-state index contributed by atoms with van der Waals surface area (Å²) in [5, 5.41) is 4.95. The molecular formula is C18H10F2N4O3S. The number of imidazole rings is 1. The number of aromatic amines is 1. The van der Waals surface area contributed by atoms with Gasteiger partial charge in [0.15, 0.2) is 16.6 Å². The van der Waals surface area contributed by atoms with E-state index < -0.39 is 6.29 Å². The molecule has 0 bridgehead atoms. The summed E-state index contributed by atoms with van der Waals surface area (Å²) >= 11 is 1.31. The van der Waals surface area contributed by atoms with E-state index in [9.17, 15) is 13.6 Å². The molecule has 0 spiro atoms. The lowest BCUT2D eigenvalue weighted by atomic mass is 10.2. The molecule has 2 aromatic carbocycles. The maximum atomic E-state index is 13.2. The molecule has 3 heterocycles. The molecule has 1 aliphatic rings. The van der Waals surface area contributed by atoms with Crippen molar-refractivity contribution in [2.24, 2.45) is 0 Å². The standard InChI is InChI=1S/C18H10F2N4O3S/c19-18(20)26-12-5-4-9(8-13(12)27-18)15-22-11-3-1-2-10(14(11)23-15)16(25)24-17-21-6-7-28-17/h1-8H,(H,22,23)(H,21,24,25). The molecule has 2 N–H and O–H groups in total. The zero-order chi connectivity index (χ0) is 19.3. The number of amides is 1. The molecule has 1 amide bonds. The van der Waals surface area contributed by atoms with Crippen LogP contribution in [0.4, 0.5) is 13.9 Å². The highest BCUT2D eigenvalue weighted by atomic mass is 32.1. The summed E-state index contributed by atoms with van der Waals surface area (Å²) < 4.78 is 35.3. The number of aromatic nitrogens is 3. The summed E-state index contributed by atoms with van der Waals surface area (Å²) in [5.41, 5.74) is 1.96. The summed E-state index contributed by atoms with van der Waals surface area (Å²) in [5.74, 6) is -0.0619. The van der Waals surface area contributed by atoms with Gasteiger partial charge in [0, 0.05) is 17.1 Å². The Balaban J connectivity index is 1.52. The number of nitrogens with zero attached hydrogens (tertiary/aromatic N) is 2.